The third-order valence-electron chi connectivity index (χ3n) is 20.4. The third-order valence-corrected chi connectivity index (χ3v) is 21.9. The summed E-state index contributed by atoms with van der Waals surface area (Å²) in [7, 11) is 0. The van der Waals surface area contributed by atoms with E-state index in [1.807, 2.05) is 32.5 Å². The highest BCUT2D eigenvalue weighted by molar-refractivity contribution is 8.00. The van der Waals surface area contributed by atoms with E-state index in [9.17, 15) is 62.3 Å². The summed E-state index contributed by atoms with van der Waals surface area (Å²) in [6, 6.07) is 11.3. The number of rotatable bonds is 59. The fourth-order valence-corrected chi connectivity index (χ4v) is 15.3. The van der Waals surface area contributed by atoms with Gasteiger partial charge in [-0.3, -0.25) is 57.5 Å². The van der Waals surface area contributed by atoms with E-state index in [2.05, 4.69) is 74.1 Å². The van der Waals surface area contributed by atoms with Crippen molar-refractivity contribution >= 4 is 94.6 Å². The molecule has 0 aliphatic carbocycles. The van der Waals surface area contributed by atoms with Crippen molar-refractivity contribution in [2.45, 2.75) is 286 Å². The van der Waals surface area contributed by atoms with Crippen molar-refractivity contribution in [2.75, 3.05) is 58.1 Å². The molecule has 636 valence electrons. The molecule has 4 heterocycles. The molecule has 30 nitrogen and oxygen atoms in total. The minimum Gasteiger partial charge on any atom is -0.448 e. The molecule has 0 saturated carbocycles. The van der Waals surface area contributed by atoms with Crippen LogP contribution in [-0.4, -0.2) is 169 Å². The van der Waals surface area contributed by atoms with Crippen molar-refractivity contribution in [1.29, 1.82) is 0 Å². The minimum absolute atomic E-state index is 0.0248. The first-order chi connectivity index (χ1) is 55.5. The van der Waals surface area contributed by atoms with Gasteiger partial charge >= 0.3 is 6.03 Å². The maximum absolute atomic E-state index is 13.7. The number of nitrogens with zero attached hydrogens (tertiary/aromatic N) is 1. The van der Waals surface area contributed by atoms with Gasteiger partial charge in [-0.2, -0.15) is 11.8 Å². The number of benzene rings is 2. The van der Waals surface area contributed by atoms with Crippen LogP contribution in [0.5, 0.6) is 0 Å². The maximum Gasteiger partial charge on any atom is 0.315 e. The molecule has 115 heavy (non-hydrogen) atoms. The molecule has 1 aromatic heterocycles. The van der Waals surface area contributed by atoms with Gasteiger partial charge in [-0.05, 0) is 165 Å². The predicted molar refractivity (Wildman–Crippen MR) is 443 cm³/mol. The summed E-state index contributed by atoms with van der Waals surface area (Å²) < 4.78 is 5.54. The molecule has 31 heteroatoms. The fraction of sp³-hybridized carbons (Fsp3) is 0.643. The first-order valence-electron chi connectivity index (χ1n) is 42.1. The van der Waals surface area contributed by atoms with Crippen LogP contribution >= 0.6 is 11.8 Å². The number of hydrogen-bond acceptors (Lipinski definition) is 18. The minimum atomic E-state index is -1.02. The molecule has 0 bridgehead atoms. The Hall–Kier alpha value is -9.23. The summed E-state index contributed by atoms with van der Waals surface area (Å²) in [4.78, 5) is 171. The maximum atomic E-state index is 13.7. The van der Waals surface area contributed by atoms with E-state index < -0.39 is 41.3 Å². The van der Waals surface area contributed by atoms with Crippen LogP contribution in [-0.2, 0) is 64.7 Å². The van der Waals surface area contributed by atoms with Crippen LogP contribution in [0.4, 0.5) is 4.79 Å². The van der Waals surface area contributed by atoms with E-state index in [1.54, 1.807) is 48.5 Å². The molecule has 6 rings (SSSR count). The quantitative estimate of drug-likeness (QED) is 0.0115. The number of oxazole rings is 1. The van der Waals surface area contributed by atoms with E-state index in [0.29, 0.717) is 227 Å². The number of hydrogen-bond donors (Lipinski definition) is 15. The lowest BCUT2D eigenvalue weighted by Crippen LogP contribution is -2.53. The molecule has 1 unspecified atom stereocenters. The van der Waals surface area contributed by atoms with Crippen LogP contribution in [0.15, 0.2) is 65.0 Å². The molecule has 13 amide bonds. The highest BCUT2D eigenvalue weighted by Gasteiger charge is 2.43. The second kappa shape index (κ2) is 53.8. The van der Waals surface area contributed by atoms with Gasteiger partial charge in [-0.1, -0.05) is 108 Å². The summed E-state index contributed by atoms with van der Waals surface area (Å²) in [6.07, 6.45) is 24.3. The van der Waals surface area contributed by atoms with E-state index in [-0.39, 0.29) is 83.3 Å². The van der Waals surface area contributed by atoms with E-state index in [0.717, 1.165) is 88.4 Å². The van der Waals surface area contributed by atoms with Crippen LogP contribution < -0.4 is 80.6 Å². The van der Waals surface area contributed by atoms with Gasteiger partial charge < -0.3 is 85.0 Å². The van der Waals surface area contributed by atoms with Crippen molar-refractivity contribution in [3.05, 3.63) is 94.3 Å². The Morgan fingerprint density at radius 2 is 0.983 bits per heavy atom. The van der Waals surface area contributed by atoms with Gasteiger partial charge in [0.2, 0.25) is 53.2 Å². The van der Waals surface area contributed by atoms with Crippen molar-refractivity contribution in [3.8, 4) is 0 Å². The second-order valence-electron chi connectivity index (χ2n) is 31.2. The summed E-state index contributed by atoms with van der Waals surface area (Å²) in [6.45, 7) is 9.95. The van der Waals surface area contributed by atoms with Crippen molar-refractivity contribution in [3.63, 3.8) is 0 Å². The number of fused-ring (bicyclic) bond motifs is 1. The number of thioether (sulfide) groups is 1. The molecule has 3 aliphatic rings. The van der Waals surface area contributed by atoms with Crippen molar-refractivity contribution < 1.29 is 66.7 Å². The number of unbranched alkanes of at least 4 members (excludes halogenated alkanes) is 15. The Bertz CT molecular complexity index is 3620. The average Bonchev–Trinajstić information content (AvgIpc) is 1.63. The number of amides is 13. The predicted octanol–water partition coefficient (Wildman–Crippen LogP) is 7.16. The lowest BCUT2D eigenvalue weighted by Gasteiger charge is -2.26. The summed E-state index contributed by atoms with van der Waals surface area (Å²) in [5, 5.41) is 38.2. The number of carbonyl (C=O) groups is 13. The highest BCUT2D eigenvalue weighted by atomic mass is 32.2. The van der Waals surface area contributed by atoms with Gasteiger partial charge in [0.15, 0.2) is 18.2 Å². The van der Waals surface area contributed by atoms with Gasteiger partial charge in [0, 0.05) is 118 Å². The number of nitrogens with one attached hydrogen (secondary N) is 13. The topological polar surface area (TPSA) is 456 Å². The molecule has 3 saturated heterocycles. The smallest absolute Gasteiger partial charge is 0.315 e. The number of carbonyl (C=O) groups excluding carboxylic acids is 13. The summed E-state index contributed by atoms with van der Waals surface area (Å²) in [5.74, 6) is -1.01. The summed E-state index contributed by atoms with van der Waals surface area (Å²) in [5.41, 5.74) is 13.6. The van der Waals surface area contributed by atoms with Gasteiger partial charge in [0.05, 0.1) is 12.1 Å². The first kappa shape index (κ1) is 94.6. The summed E-state index contributed by atoms with van der Waals surface area (Å²) >= 11 is 1.88. The zero-order valence-electron chi connectivity index (χ0n) is 68.1. The Kier molecular flexibility index (Phi) is 44.3. The van der Waals surface area contributed by atoms with Gasteiger partial charge in [0.1, 0.15) is 29.2 Å². The zero-order chi connectivity index (χ0) is 83.0. The number of piperazine rings is 1. The average molecular weight is 1620 g/mol. The van der Waals surface area contributed by atoms with E-state index in [4.69, 9.17) is 15.9 Å². The Labute approximate surface area is 682 Å². The lowest BCUT2D eigenvalue weighted by atomic mass is 9.89. The standard InChI is InChI=1S/C84H130N16O14S/c1-84(2,3)78-75(94-57-114-78)76-82(112)97-64(81(111)99-76)54-59-29-28-30-61(53-59)77(108)60-43-41-58(42-44-60)55-93-72(106)38-14-7-25-49-89-68(102)35-11-4-22-47-87-67(101)34-10-5-23-48-88-70(104)37-13-8-27-52-92-79(109)62(31-18-20-45-85)96-80(110)63(32-19-21-46-86)95-73(107)40-15-9-26-51-90-69(103)36-12-6-24-50-91-71(105)39-17-16-33-66-74-65(56-115-66)98-83(113)100-74/h28-30,41-44,53-54,57,62-63,65-66,74,76H,4-27,31-40,45-52,55-56,85-86H2,1-3H3,(H,87,101)(H,88,104)(H,89,102)(H,90,103)(H,91,105)(H,92,109)(H,93,106)(H,95,107)(H,96,110)(H,97,112)(H,99,111)(H2,98,100,113)/b64-54-/t62-,63-,65-,66-,74-,76?/m0/s1. The fourth-order valence-electron chi connectivity index (χ4n) is 13.8. The SMILES string of the molecule is CC(C)(C)c1ocnc1C1NC(=O)/C(=C/c2cccc(C(=O)c3ccc(CNC(=O)CCCCCNC(=O)CCCCCNC(=O)CCCCCNC(=O)CCCCCNC(=O)[C@H](CCCCN)NC(=O)[C@H](CCCCN)NC(=O)CCCCCNC(=O)CCCCCNC(=O)CCCC[C@@H]4SC[C@@H]5NC(=O)N[C@@H]54)cc3)c2)NC1=O. The Morgan fingerprint density at radius 3 is 1.48 bits per heavy atom. The lowest BCUT2D eigenvalue weighted by molar-refractivity contribution is -0.132. The molecule has 3 aromatic rings. The number of urea groups is 1. The van der Waals surface area contributed by atoms with Crippen LogP contribution in [0.25, 0.3) is 6.08 Å². The molecular weight excluding hydrogens is 1490 g/mol. The van der Waals surface area contributed by atoms with E-state index >= 15 is 0 Å². The number of nitrogens with two attached hydrogens (primary N) is 2. The molecule has 6 atom stereocenters. The van der Waals surface area contributed by atoms with Gasteiger partial charge in [-0.15, -0.1) is 0 Å². The van der Waals surface area contributed by atoms with Crippen LogP contribution in [0.3, 0.4) is 0 Å². The largest absolute Gasteiger partial charge is 0.448 e. The number of aromatic nitrogens is 1. The monoisotopic (exact) mass is 1620 g/mol. The third kappa shape index (κ3) is 37.5. The Morgan fingerprint density at radius 1 is 0.513 bits per heavy atom. The van der Waals surface area contributed by atoms with E-state index in [1.165, 1.54) is 12.5 Å². The number of ketones is 1. The second-order valence-corrected chi connectivity index (χ2v) is 32.5. The van der Waals surface area contributed by atoms with Crippen molar-refractivity contribution in [1.82, 2.24) is 74.1 Å². The molecule has 17 N–H and O–H groups in total. The van der Waals surface area contributed by atoms with Crippen LogP contribution in [0, 0.1) is 0 Å². The van der Waals surface area contributed by atoms with Gasteiger partial charge in [0.25, 0.3) is 11.8 Å². The molecule has 3 aliphatic heterocycles. The molecule has 3 fully saturated rings. The molecule has 0 spiro atoms. The molecule has 0 radical (unpaired) electrons. The van der Waals surface area contributed by atoms with Crippen molar-refractivity contribution in [2.24, 2.45) is 11.5 Å². The first-order valence-corrected chi connectivity index (χ1v) is 43.1. The normalized spacial score (nSPS) is 16.5. The highest BCUT2D eigenvalue weighted by Crippen LogP contribution is 2.34. The molecule has 2 aromatic carbocycles. The van der Waals surface area contributed by atoms with Gasteiger partial charge in [-0.25, -0.2) is 9.78 Å². The van der Waals surface area contributed by atoms with Crippen LogP contribution in [0.2, 0.25) is 0 Å². The zero-order valence-corrected chi connectivity index (χ0v) is 68.9. The van der Waals surface area contributed by atoms with Crippen LogP contribution in [0.1, 0.15) is 284 Å². The molecular formula is C84H130N16O14S. The Balaban J connectivity index is 0.695.